The minimum Gasteiger partial charge on any atom is -0.356 e. The van der Waals surface area contributed by atoms with Crippen LogP contribution in [0.25, 0.3) is 0 Å². The summed E-state index contributed by atoms with van der Waals surface area (Å²) >= 11 is 0. The van der Waals surface area contributed by atoms with E-state index in [-0.39, 0.29) is 16.7 Å². The molecule has 0 saturated heterocycles. The Morgan fingerprint density at radius 3 is 2.32 bits per heavy atom. The van der Waals surface area contributed by atoms with Crippen LogP contribution in [0.4, 0.5) is 0 Å². The van der Waals surface area contributed by atoms with Gasteiger partial charge in [-0.15, -0.1) is 0 Å². The highest BCUT2D eigenvalue weighted by Gasteiger charge is 2.35. The van der Waals surface area contributed by atoms with Crippen LogP contribution < -0.4 is 16.4 Å². The molecule has 0 aromatic rings. The summed E-state index contributed by atoms with van der Waals surface area (Å²) in [5.41, 5.74) is 5.83. The summed E-state index contributed by atoms with van der Waals surface area (Å²) < 4.78 is 0. The van der Waals surface area contributed by atoms with Crippen LogP contribution in [-0.4, -0.2) is 32.1 Å². The molecule has 0 aliphatic rings. The Hall–Kier alpha value is -0.610. The van der Waals surface area contributed by atoms with E-state index in [1.807, 2.05) is 0 Å². The Labute approximate surface area is 138 Å². The Morgan fingerprint density at radius 2 is 1.82 bits per heavy atom. The number of rotatable bonds is 11. The lowest BCUT2D eigenvalue weighted by atomic mass is 9.67. The first-order valence-electron chi connectivity index (χ1n) is 8.82. The molecule has 4 heteroatoms. The van der Waals surface area contributed by atoms with Crippen molar-refractivity contribution in [3.63, 3.8) is 0 Å². The van der Waals surface area contributed by atoms with E-state index in [2.05, 4.69) is 52.2 Å². The van der Waals surface area contributed by atoms with Crippen molar-refractivity contribution in [2.45, 2.75) is 67.2 Å². The fraction of sp³-hybridized carbons (Fsp3) is 0.944. The van der Waals surface area contributed by atoms with E-state index in [9.17, 15) is 4.79 Å². The van der Waals surface area contributed by atoms with Crippen molar-refractivity contribution >= 4 is 5.91 Å². The van der Waals surface area contributed by atoms with Crippen LogP contribution >= 0.6 is 0 Å². The molecule has 0 aromatic carbocycles. The summed E-state index contributed by atoms with van der Waals surface area (Å²) in [7, 11) is 0. The Balaban J connectivity index is 4.49. The van der Waals surface area contributed by atoms with Crippen molar-refractivity contribution in [3.05, 3.63) is 0 Å². The average Bonchev–Trinajstić information content (AvgIpc) is 2.40. The van der Waals surface area contributed by atoms with Crippen LogP contribution in [0, 0.1) is 16.7 Å². The van der Waals surface area contributed by atoms with Gasteiger partial charge in [0.25, 0.3) is 0 Å². The molecule has 0 radical (unpaired) electrons. The Kier molecular flexibility index (Phi) is 9.94. The number of carbonyl (C=O) groups is 1. The third-order valence-electron chi connectivity index (χ3n) is 4.38. The molecule has 0 heterocycles. The molecule has 4 N–H and O–H groups in total. The average molecular weight is 314 g/mol. The van der Waals surface area contributed by atoms with Crippen LogP contribution in [0.5, 0.6) is 0 Å². The number of nitrogens with two attached hydrogens (primary N) is 1. The van der Waals surface area contributed by atoms with Gasteiger partial charge in [0.15, 0.2) is 0 Å². The predicted molar refractivity (Wildman–Crippen MR) is 95.8 cm³/mol. The molecule has 0 saturated carbocycles. The fourth-order valence-electron chi connectivity index (χ4n) is 3.22. The van der Waals surface area contributed by atoms with Gasteiger partial charge in [0, 0.05) is 32.6 Å². The Bertz CT molecular complexity index is 312. The smallest absolute Gasteiger partial charge is 0.221 e. The number of hydrogen-bond donors (Lipinski definition) is 3. The second-order valence-corrected chi connectivity index (χ2v) is 8.15. The van der Waals surface area contributed by atoms with E-state index in [4.69, 9.17) is 5.73 Å². The van der Waals surface area contributed by atoms with Crippen LogP contribution in [0.15, 0.2) is 0 Å². The zero-order valence-electron chi connectivity index (χ0n) is 15.7. The van der Waals surface area contributed by atoms with E-state index >= 15 is 0 Å². The quantitative estimate of drug-likeness (QED) is 0.514. The van der Waals surface area contributed by atoms with Crippen LogP contribution in [0.2, 0.25) is 0 Å². The van der Waals surface area contributed by atoms with Crippen LogP contribution in [-0.2, 0) is 4.79 Å². The van der Waals surface area contributed by atoms with Crippen LogP contribution in [0.3, 0.4) is 0 Å². The molecule has 1 amide bonds. The maximum absolute atomic E-state index is 12.0. The van der Waals surface area contributed by atoms with Gasteiger partial charge < -0.3 is 16.4 Å². The SMILES string of the molecule is CCCC(C)C(C)(CNC(=O)CCNCCN)CC(C)(C)C. The standard InChI is InChI=1S/C18H39N3O/c1-7-8-15(2)18(6,13-17(3,4)5)14-21-16(22)9-11-20-12-10-19/h15,20H,7-14,19H2,1-6H3,(H,21,22). The zero-order valence-corrected chi connectivity index (χ0v) is 15.7. The van der Waals surface area contributed by atoms with E-state index in [0.717, 1.165) is 19.5 Å². The molecule has 22 heavy (non-hydrogen) atoms. The van der Waals surface area contributed by atoms with Gasteiger partial charge in [-0.25, -0.2) is 0 Å². The first kappa shape index (κ1) is 21.4. The maximum Gasteiger partial charge on any atom is 0.221 e. The minimum atomic E-state index is 0.133. The van der Waals surface area contributed by atoms with E-state index in [1.54, 1.807) is 0 Å². The summed E-state index contributed by atoms with van der Waals surface area (Å²) in [6.07, 6.45) is 4.04. The van der Waals surface area contributed by atoms with Crippen LogP contribution in [0.1, 0.15) is 67.2 Å². The van der Waals surface area contributed by atoms with Gasteiger partial charge >= 0.3 is 0 Å². The minimum absolute atomic E-state index is 0.133. The fourth-order valence-corrected chi connectivity index (χ4v) is 3.22. The van der Waals surface area contributed by atoms with Crippen molar-refractivity contribution < 1.29 is 4.79 Å². The molecule has 0 fully saturated rings. The van der Waals surface area contributed by atoms with Gasteiger partial charge in [0.05, 0.1) is 0 Å². The highest BCUT2D eigenvalue weighted by molar-refractivity contribution is 5.76. The first-order chi connectivity index (χ1) is 10.1. The molecule has 4 nitrogen and oxygen atoms in total. The molecule has 0 rings (SSSR count). The van der Waals surface area contributed by atoms with Gasteiger partial charge in [0.1, 0.15) is 0 Å². The number of nitrogens with one attached hydrogen (secondary N) is 2. The highest BCUT2D eigenvalue weighted by atomic mass is 16.1. The molecule has 2 unspecified atom stereocenters. The molecule has 0 aliphatic heterocycles. The summed E-state index contributed by atoms with van der Waals surface area (Å²) in [5.74, 6) is 0.737. The third kappa shape index (κ3) is 9.42. The van der Waals surface area contributed by atoms with E-state index < -0.39 is 0 Å². The summed E-state index contributed by atoms with van der Waals surface area (Å²) in [6.45, 7) is 16.6. The molecule has 0 spiro atoms. The predicted octanol–water partition coefficient (Wildman–Crippen LogP) is 2.92. The van der Waals surface area contributed by atoms with Crippen molar-refractivity contribution in [2.24, 2.45) is 22.5 Å². The highest BCUT2D eigenvalue weighted by Crippen LogP contribution is 2.40. The summed E-state index contributed by atoms with van der Waals surface area (Å²) in [6, 6.07) is 0. The molecule has 2 atom stereocenters. The molecule has 0 aromatic heterocycles. The lowest BCUT2D eigenvalue weighted by Gasteiger charge is -2.41. The van der Waals surface area contributed by atoms with Crippen molar-refractivity contribution in [1.29, 1.82) is 0 Å². The number of amides is 1. The van der Waals surface area contributed by atoms with Gasteiger partial charge in [-0.2, -0.15) is 0 Å². The topological polar surface area (TPSA) is 67.2 Å². The molecule has 0 bridgehead atoms. The lowest BCUT2D eigenvalue weighted by Crippen LogP contribution is -2.42. The van der Waals surface area contributed by atoms with Gasteiger partial charge in [0.2, 0.25) is 5.91 Å². The normalized spacial score (nSPS) is 16.1. The van der Waals surface area contributed by atoms with Crippen molar-refractivity contribution in [1.82, 2.24) is 10.6 Å². The van der Waals surface area contributed by atoms with Crippen molar-refractivity contribution in [3.8, 4) is 0 Å². The van der Waals surface area contributed by atoms with Gasteiger partial charge in [-0.1, -0.05) is 54.4 Å². The summed E-state index contributed by atoms with van der Waals surface area (Å²) in [4.78, 5) is 12.0. The summed E-state index contributed by atoms with van der Waals surface area (Å²) in [5, 5.41) is 6.31. The van der Waals surface area contributed by atoms with Crippen molar-refractivity contribution in [2.75, 3.05) is 26.2 Å². The van der Waals surface area contributed by atoms with Gasteiger partial charge in [-0.05, 0) is 23.2 Å². The second kappa shape index (κ2) is 10.2. The monoisotopic (exact) mass is 313 g/mol. The molecule has 0 aliphatic carbocycles. The first-order valence-corrected chi connectivity index (χ1v) is 8.82. The zero-order chi connectivity index (χ0) is 17.2. The lowest BCUT2D eigenvalue weighted by molar-refractivity contribution is -0.121. The number of hydrogen-bond acceptors (Lipinski definition) is 3. The molecular weight excluding hydrogens is 274 g/mol. The third-order valence-corrected chi connectivity index (χ3v) is 4.38. The molecular formula is C18H39N3O. The number of carbonyl (C=O) groups excluding carboxylic acids is 1. The maximum atomic E-state index is 12.0. The van der Waals surface area contributed by atoms with Gasteiger partial charge in [-0.3, -0.25) is 4.79 Å². The Morgan fingerprint density at radius 1 is 1.18 bits per heavy atom. The van der Waals surface area contributed by atoms with E-state index in [1.165, 1.54) is 12.8 Å². The second-order valence-electron chi connectivity index (χ2n) is 8.15. The van der Waals surface area contributed by atoms with E-state index in [0.29, 0.717) is 25.4 Å². The molecule has 132 valence electrons. The largest absolute Gasteiger partial charge is 0.356 e.